The standard InChI is InChI=1S/C24H32N2O3.C7H9N/c1-4-19-17-21(12-13-22(19)26(2)18-27)23(28)10-7-8-15-25-16-14-20-9-5-6-11-24(20)29-3;1-8-7-5-3-2-4-6-7/h5-6,9,11-13,17-18,25H,4,7-8,10,14-16H2,1-3H3;2-6,8H,1H3. The zero-order chi connectivity index (χ0) is 26.9. The number of methoxy groups -OCH3 is 1. The van der Waals surface area contributed by atoms with Gasteiger partial charge in [-0.1, -0.05) is 43.3 Å². The number of rotatable bonds is 14. The Hall–Kier alpha value is -3.64. The van der Waals surface area contributed by atoms with E-state index in [1.54, 1.807) is 19.1 Å². The Balaban J connectivity index is 0.000000510. The summed E-state index contributed by atoms with van der Waals surface area (Å²) in [6.07, 6.45) is 4.86. The second-order valence-electron chi connectivity index (χ2n) is 8.72. The second-order valence-corrected chi connectivity index (χ2v) is 8.72. The molecule has 0 aromatic heterocycles. The van der Waals surface area contributed by atoms with Gasteiger partial charge in [0.2, 0.25) is 6.41 Å². The van der Waals surface area contributed by atoms with E-state index in [9.17, 15) is 9.59 Å². The van der Waals surface area contributed by atoms with E-state index in [2.05, 4.69) is 16.7 Å². The van der Waals surface area contributed by atoms with Crippen LogP contribution in [-0.4, -0.2) is 46.5 Å². The monoisotopic (exact) mass is 503 g/mol. The summed E-state index contributed by atoms with van der Waals surface area (Å²) in [4.78, 5) is 25.0. The maximum absolute atomic E-state index is 12.5. The van der Waals surface area contributed by atoms with Crippen molar-refractivity contribution in [1.82, 2.24) is 5.32 Å². The van der Waals surface area contributed by atoms with Gasteiger partial charge in [0.15, 0.2) is 5.78 Å². The summed E-state index contributed by atoms with van der Waals surface area (Å²) in [6.45, 7) is 3.81. The summed E-state index contributed by atoms with van der Waals surface area (Å²) < 4.78 is 5.37. The molecule has 0 radical (unpaired) electrons. The van der Waals surface area contributed by atoms with Crippen LogP contribution < -0.4 is 20.3 Å². The third-order valence-electron chi connectivity index (χ3n) is 6.15. The highest BCUT2D eigenvalue weighted by Crippen LogP contribution is 2.22. The van der Waals surface area contributed by atoms with Crippen LogP contribution in [0.2, 0.25) is 0 Å². The van der Waals surface area contributed by atoms with Crippen LogP contribution in [0.1, 0.15) is 47.7 Å². The molecular formula is C31H41N3O3. The van der Waals surface area contributed by atoms with E-state index in [0.717, 1.165) is 73.4 Å². The third kappa shape index (κ3) is 10.1. The molecule has 0 saturated heterocycles. The SMILES string of the molecule is CCc1cc(C(=O)CCCCNCCc2ccccc2OC)ccc1N(C)C=O.CNc1ccccc1. The van der Waals surface area contributed by atoms with E-state index >= 15 is 0 Å². The van der Waals surface area contributed by atoms with Crippen molar-refractivity contribution in [2.24, 2.45) is 0 Å². The Morgan fingerprint density at radius 3 is 2.32 bits per heavy atom. The van der Waals surface area contributed by atoms with Crippen LogP contribution in [0.15, 0.2) is 72.8 Å². The summed E-state index contributed by atoms with van der Waals surface area (Å²) in [5.41, 5.74) is 4.97. The van der Waals surface area contributed by atoms with Gasteiger partial charge in [-0.15, -0.1) is 0 Å². The van der Waals surface area contributed by atoms with Crippen molar-refractivity contribution in [1.29, 1.82) is 0 Å². The lowest BCUT2D eigenvalue weighted by Gasteiger charge is -2.16. The number of amides is 1. The minimum atomic E-state index is 0.161. The van der Waals surface area contributed by atoms with Crippen LogP contribution in [-0.2, 0) is 17.6 Å². The van der Waals surface area contributed by atoms with Crippen molar-refractivity contribution < 1.29 is 14.3 Å². The fourth-order valence-electron chi connectivity index (χ4n) is 3.99. The molecule has 6 heteroatoms. The number of carbonyl (C=O) groups is 2. The van der Waals surface area contributed by atoms with Gasteiger partial charge in [-0.05, 0) is 86.3 Å². The molecule has 0 unspecified atom stereocenters. The molecule has 0 heterocycles. The molecule has 0 spiro atoms. The van der Waals surface area contributed by atoms with Crippen molar-refractivity contribution >= 4 is 23.6 Å². The molecule has 0 atom stereocenters. The summed E-state index contributed by atoms with van der Waals surface area (Å²) >= 11 is 0. The number of aryl methyl sites for hydroxylation is 1. The van der Waals surface area contributed by atoms with E-state index < -0.39 is 0 Å². The lowest BCUT2D eigenvalue weighted by molar-refractivity contribution is -0.107. The molecule has 3 aromatic carbocycles. The Bertz CT molecular complexity index is 1090. The van der Waals surface area contributed by atoms with Gasteiger partial charge in [0, 0.05) is 37.5 Å². The normalized spacial score (nSPS) is 10.2. The Kier molecular flexibility index (Phi) is 13.5. The van der Waals surface area contributed by atoms with Crippen LogP contribution in [0.4, 0.5) is 11.4 Å². The number of ether oxygens (including phenoxy) is 1. The molecule has 3 aromatic rings. The molecule has 0 aliphatic rings. The molecule has 198 valence electrons. The lowest BCUT2D eigenvalue weighted by Crippen LogP contribution is -2.19. The highest BCUT2D eigenvalue weighted by molar-refractivity contribution is 5.97. The molecule has 0 fully saturated rings. The number of para-hydroxylation sites is 2. The molecule has 0 aliphatic carbocycles. The first-order valence-corrected chi connectivity index (χ1v) is 12.9. The number of benzene rings is 3. The number of carbonyl (C=O) groups excluding carboxylic acids is 2. The predicted octanol–water partition coefficient (Wildman–Crippen LogP) is 5.76. The average molecular weight is 504 g/mol. The van der Waals surface area contributed by atoms with Crippen molar-refractivity contribution in [3.8, 4) is 5.75 Å². The van der Waals surface area contributed by atoms with Gasteiger partial charge in [-0.25, -0.2) is 0 Å². The van der Waals surface area contributed by atoms with Crippen molar-refractivity contribution in [3.63, 3.8) is 0 Å². The number of Topliss-reactive ketones (excluding diaryl/α,β-unsaturated/α-hetero) is 1. The van der Waals surface area contributed by atoms with Crippen molar-refractivity contribution in [2.75, 3.05) is 44.5 Å². The Morgan fingerprint density at radius 2 is 1.68 bits per heavy atom. The minimum Gasteiger partial charge on any atom is -0.496 e. The number of hydrogen-bond acceptors (Lipinski definition) is 5. The van der Waals surface area contributed by atoms with Crippen LogP contribution >= 0.6 is 0 Å². The van der Waals surface area contributed by atoms with E-state index in [1.807, 2.05) is 80.7 Å². The van der Waals surface area contributed by atoms with E-state index in [1.165, 1.54) is 5.56 Å². The highest BCUT2D eigenvalue weighted by Gasteiger charge is 2.11. The van der Waals surface area contributed by atoms with Crippen LogP contribution in [0, 0.1) is 0 Å². The van der Waals surface area contributed by atoms with Crippen molar-refractivity contribution in [3.05, 3.63) is 89.5 Å². The van der Waals surface area contributed by atoms with E-state index in [-0.39, 0.29) is 5.78 Å². The summed E-state index contributed by atoms with van der Waals surface area (Å²) in [5.74, 6) is 1.09. The number of ketones is 1. The van der Waals surface area contributed by atoms with Gasteiger partial charge in [-0.3, -0.25) is 9.59 Å². The molecule has 6 nitrogen and oxygen atoms in total. The van der Waals surface area contributed by atoms with Gasteiger partial charge >= 0.3 is 0 Å². The van der Waals surface area contributed by atoms with Gasteiger partial charge in [0.25, 0.3) is 0 Å². The zero-order valence-corrected chi connectivity index (χ0v) is 22.6. The van der Waals surface area contributed by atoms with Crippen LogP contribution in [0.5, 0.6) is 5.75 Å². The summed E-state index contributed by atoms with van der Waals surface area (Å²) in [6, 6.07) is 23.7. The lowest BCUT2D eigenvalue weighted by atomic mass is 10.0. The zero-order valence-electron chi connectivity index (χ0n) is 22.6. The minimum absolute atomic E-state index is 0.161. The maximum Gasteiger partial charge on any atom is 0.213 e. The van der Waals surface area contributed by atoms with Crippen LogP contribution in [0.25, 0.3) is 0 Å². The predicted molar refractivity (Wildman–Crippen MR) is 154 cm³/mol. The molecule has 1 amide bonds. The Morgan fingerprint density at radius 1 is 0.946 bits per heavy atom. The number of anilines is 2. The summed E-state index contributed by atoms with van der Waals surface area (Å²) in [7, 11) is 5.33. The number of nitrogens with one attached hydrogen (secondary N) is 2. The maximum atomic E-state index is 12.5. The summed E-state index contributed by atoms with van der Waals surface area (Å²) in [5, 5.41) is 6.46. The average Bonchev–Trinajstić information content (AvgIpc) is 2.96. The first kappa shape index (κ1) is 29.6. The largest absolute Gasteiger partial charge is 0.496 e. The first-order chi connectivity index (χ1) is 18.0. The first-order valence-electron chi connectivity index (χ1n) is 12.9. The van der Waals surface area contributed by atoms with Crippen molar-refractivity contribution in [2.45, 2.75) is 39.0 Å². The van der Waals surface area contributed by atoms with Gasteiger partial charge in [0.1, 0.15) is 5.75 Å². The van der Waals surface area contributed by atoms with E-state index in [0.29, 0.717) is 6.42 Å². The molecule has 0 saturated carbocycles. The topological polar surface area (TPSA) is 70.7 Å². The van der Waals surface area contributed by atoms with Crippen LogP contribution in [0.3, 0.4) is 0 Å². The van der Waals surface area contributed by atoms with E-state index in [4.69, 9.17) is 4.74 Å². The molecule has 2 N–H and O–H groups in total. The second kappa shape index (κ2) is 16.9. The molecule has 0 bridgehead atoms. The molecule has 37 heavy (non-hydrogen) atoms. The molecule has 0 aliphatic heterocycles. The number of hydrogen-bond donors (Lipinski definition) is 2. The Labute approximate surface area is 222 Å². The highest BCUT2D eigenvalue weighted by atomic mass is 16.5. The van der Waals surface area contributed by atoms with Gasteiger partial charge in [-0.2, -0.15) is 0 Å². The molecule has 3 rings (SSSR count). The molecular weight excluding hydrogens is 462 g/mol. The number of nitrogens with zero attached hydrogens (tertiary/aromatic N) is 1. The van der Waals surface area contributed by atoms with Gasteiger partial charge < -0.3 is 20.3 Å². The smallest absolute Gasteiger partial charge is 0.213 e. The number of unbranched alkanes of at least 4 members (excludes halogenated alkanes) is 1. The quantitative estimate of drug-likeness (QED) is 0.166. The van der Waals surface area contributed by atoms with Gasteiger partial charge in [0.05, 0.1) is 7.11 Å². The fraction of sp³-hybridized carbons (Fsp3) is 0.355. The fourth-order valence-corrected chi connectivity index (χ4v) is 3.99. The third-order valence-corrected chi connectivity index (χ3v) is 6.15.